The fraction of sp³-hybridized carbons (Fsp3) is 0.500. The van der Waals surface area contributed by atoms with Crippen molar-refractivity contribution in [2.75, 3.05) is 0 Å². The van der Waals surface area contributed by atoms with E-state index in [1.165, 1.54) is 0 Å². The fourth-order valence-corrected chi connectivity index (χ4v) is 0. The van der Waals surface area contributed by atoms with Crippen molar-refractivity contribution in [3.63, 3.8) is 0 Å². The van der Waals surface area contributed by atoms with Crippen LogP contribution in [-0.2, 0) is 0 Å². The summed E-state index contributed by atoms with van der Waals surface area (Å²) in [5.74, 6) is 0. The molecule has 0 aromatic heterocycles. The van der Waals surface area contributed by atoms with Crippen LogP contribution in [0.4, 0.5) is 0 Å². The first kappa shape index (κ1) is 32.8. The summed E-state index contributed by atoms with van der Waals surface area (Å²) in [4.78, 5) is 0. The zero-order valence-corrected chi connectivity index (χ0v) is 8.34. The number of hydrogen-bond donors (Lipinski definition) is 1. The van der Waals surface area contributed by atoms with E-state index in [2.05, 4.69) is 6.58 Å². The van der Waals surface area contributed by atoms with Gasteiger partial charge in [-0.3, -0.25) is 0 Å². The number of halogens is 4. The number of nitrogens with two attached hydrogens (primary N) is 1. The fourth-order valence-electron chi connectivity index (χ4n) is 0. The highest BCUT2D eigenvalue weighted by molar-refractivity contribution is 5.86. The van der Waals surface area contributed by atoms with Crippen LogP contribution in [-0.4, -0.2) is 6.04 Å². The van der Waals surface area contributed by atoms with Gasteiger partial charge >= 0.3 is 0 Å². The molecule has 5 heteroatoms. The van der Waals surface area contributed by atoms with Gasteiger partial charge in [-0.25, -0.2) is 0 Å². The molecule has 0 spiro atoms. The average molecular weight is 217 g/mol. The summed E-state index contributed by atoms with van der Waals surface area (Å²) in [5, 5.41) is 0. The van der Waals surface area contributed by atoms with Gasteiger partial charge in [-0.2, -0.15) is 0 Å². The Morgan fingerprint density at radius 3 is 1.33 bits per heavy atom. The van der Waals surface area contributed by atoms with Crippen molar-refractivity contribution in [2.24, 2.45) is 5.73 Å². The molecule has 0 aliphatic rings. The third-order valence-electron chi connectivity index (χ3n) is 0.372. The first-order valence-electron chi connectivity index (χ1n) is 1.65. The van der Waals surface area contributed by atoms with E-state index < -0.39 is 0 Å². The molecule has 9 heavy (non-hydrogen) atoms. The van der Waals surface area contributed by atoms with Crippen LogP contribution in [0.15, 0.2) is 12.7 Å². The van der Waals surface area contributed by atoms with Crippen LogP contribution in [0.2, 0.25) is 0 Å². The maximum absolute atomic E-state index is 5.17. The third-order valence-corrected chi connectivity index (χ3v) is 0.372. The van der Waals surface area contributed by atoms with Gasteiger partial charge in [-0.1, -0.05) is 6.08 Å². The molecule has 0 saturated carbocycles. The largest absolute Gasteiger partial charge is 0.325 e. The minimum atomic E-state index is 0. The Bertz CT molecular complexity index is 39.5. The second-order valence-electron chi connectivity index (χ2n) is 1.09. The molecule has 62 valence electrons. The standard InChI is InChI=1S/C4H9N.4ClH/c1-3-4(2)5;;;;/h3-4H,1,5H2,2H3;4*1H. The summed E-state index contributed by atoms with van der Waals surface area (Å²) in [5.41, 5.74) is 5.17. The molecule has 0 aliphatic heterocycles. The third kappa shape index (κ3) is 51.0. The van der Waals surface area contributed by atoms with Crippen molar-refractivity contribution < 1.29 is 0 Å². The van der Waals surface area contributed by atoms with Gasteiger partial charge in [0.25, 0.3) is 0 Å². The van der Waals surface area contributed by atoms with E-state index in [0.717, 1.165) is 0 Å². The summed E-state index contributed by atoms with van der Waals surface area (Å²) in [6.45, 7) is 5.32. The maximum atomic E-state index is 5.17. The summed E-state index contributed by atoms with van der Waals surface area (Å²) in [6, 6.07) is 0.148. The molecule has 2 N–H and O–H groups in total. The van der Waals surface area contributed by atoms with Crippen molar-refractivity contribution >= 4 is 49.6 Å². The van der Waals surface area contributed by atoms with Crippen LogP contribution in [0.5, 0.6) is 0 Å². The van der Waals surface area contributed by atoms with Crippen LogP contribution in [0.1, 0.15) is 6.92 Å². The van der Waals surface area contributed by atoms with Crippen LogP contribution < -0.4 is 5.73 Å². The lowest BCUT2D eigenvalue weighted by Gasteiger charge is -1.85. The molecule has 1 unspecified atom stereocenters. The van der Waals surface area contributed by atoms with Gasteiger partial charge in [0, 0.05) is 6.04 Å². The molecule has 0 aromatic rings. The van der Waals surface area contributed by atoms with Crippen molar-refractivity contribution in [1.29, 1.82) is 0 Å². The Morgan fingerprint density at radius 2 is 1.33 bits per heavy atom. The lowest BCUT2D eigenvalue weighted by molar-refractivity contribution is 0.929. The minimum Gasteiger partial charge on any atom is -0.325 e. The second-order valence-corrected chi connectivity index (χ2v) is 1.09. The maximum Gasteiger partial charge on any atom is 0.0192 e. The molecule has 0 aromatic carbocycles. The Kier molecular flexibility index (Phi) is 84.4. The lowest BCUT2D eigenvalue weighted by Crippen LogP contribution is -2.09. The van der Waals surface area contributed by atoms with Gasteiger partial charge in [-0.05, 0) is 6.92 Å². The molecule has 0 fully saturated rings. The highest BCUT2D eigenvalue weighted by atomic mass is 35.5. The van der Waals surface area contributed by atoms with E-state index in [0.29, 0.717) is 0 Å². The minimum absolute atomic E-state index is 0. The van der Waals surface area contributed by atoms with Gasteiger partial charge in [-0.15, -0.1) is 56.2 Å². The van der Waals surface area contributed by atoms with E-state index in [-0.39, 0.29) is 55.7 Å². The first-order valence-corrected chi connectivity index (χ1v) is 1.65. The van der Waals surface area contributed by atoms with Crippen molar-refractivity contribution in [3.05, 3.63) is 12.7 Å². The molecule has 0 bridgehead atoms. The van der Waals surface area contributed by atoms with Crippen LogP contribution in [0.3, 0.4) is 0 Å². The summed E-state index contributed by atoms with van der Waals surface area (Å²) in [6.07, 6.45) is 1.69. The molecule has 1 atom stereocenters. The van der Waals surface area contributed by atoms with Gasteiger partial charge in [0.05, 0.1) is 0 Å². The zero-order chi connectivity index (χ0) is 4.28. The topological polar surface area (TPSA) is 26.0 Å². The molecule has 0 radical (unpaired) electrons. The molecule has 0 aliphatic carbocycles. The number of hydrogen-bond acceptors (Lipinski definition) is 1. The second kappa shape index (κ2) is 23.2. The van der Waals surface area contributed by atoms with E-state index in [1.54, 1.807) is 6.08 Å². The highest BCUT2D eigenvalue weighted by Gasteiger charge is 1.73. The van der Waals surface area contributed by atoms with E-state index in [9.17, 15) is 0 Å². The molecule has 0 amide bonds. The predicted octanol–water partition coefficient (Wildman–Crippen LogP) is 2.21. The van der Waals surface area contributed by atoms with Gasteiger partial charge in [0.1, 0.15) is 0 Å². The van der Waals surface area contributed by atoms with E-state index in [4.69, 9.17) is 5.73 Å². The number of rotatable bonds is 1. The highest BCUT2D eigenvalue weighted by Crippen LogP contribution is 1.67. The van der Waals surface area contributed by atoms with E-state index >= 15 is 0 Å². The van der Waals surface area contributed by atoms with Gasteiger partial charge in [0.2, 0.25) is 0 Å². The van der Waals surface area contributed by atoms with Crippen molar-refractivity contribution in [1.82, 2.24) is 0 Å². The summed E-state index contributed by atoms with van der Waals surface area (Å²) < 4.78 is 0. The smallest absolute Gasteiger partial charge is 0.0192 e. The van der Waals surface area contributed by atoms with Gasteiger partial charge in [0.15, 0.2) is 0 Å². The lowest BCUT2D eigenvalue weighted by atomic mass is 10.4. The SMILES string of the molecule is C=CC(C)N.Cl.Cl.Cl.Cl. The van der Waals surface area contributed by atoms with Gasteiger partial charge < -0.3 is 5.73 Å². The van der Waals surface area contributed by atoms with Crippen LogP contribution in [0, 0.1) is 0 Å². The Labute approximate surface area is 81.1 Å². The van der Waals surface area contributed by atoms with Crippen LogP contribution >= 0.6 is 49.6 Å². The predicted molar refractivity (Wildman–Crippen MR) is 52.8 cm³/mol. The van der Waals surface area contributed by atoms with E-state index in [1.807, 2.05) is 6.92 Å². The van der Waals surface area contributed by atoms with Crippen molar-refractivity contribution in [3.8, 4) is 0 Å². The molecular weight excluding hydrogens is 204 g/mol. The quantitative estimate of drug-likeness (QED) is 0.669. The Hall–Kier alpha value is 0.860. The monoisotopic (exact) mass is 215 g/mol. The van der Waals surface area contributed by atoms with Crippen LogP contribution in [0.25, 0.3) is 0 Å². The Morgan fingerprint density at radius 1 is 1.22 bits per heavy atom. The summed E-state index contributed by atoms with van der Waals surface area (Å²) in [7, 11) is 0. The molecule has 0 rings (SSSR count). The molecular formula is C4H13Cl4N. The average Bonchev–Trinajstić information content (AvgIpc) is 1.38. The molecule has 0 heterocycles. The summed E-state index contributed by atoms with van der Waals surface area (Å²) >= 11 is 0. The molecule has 1 nitrogen and oxygen atoms in total. The first-order chi connectivity index (χ1) is 2.27. The normalized spacial score (nSPS) is 7.78. The van der Waals surface area contributed by atoms with Crippen molar-refractivity contribution in [2.45, 2.75) is 13.0 Å². The zero-order valence-electron chi connectivity index (χ0n) is 5.07. The molecule has 0 saturated heterocycles. The Balaban J connectivity index is -0.0000000133.